The van der Waals surface area contributed by atoms with E-state index in [4.69, 9.17) is 32.9 Å². The molecule has 0 bridgehead atoms. The average molecular weight is 644 g/mol. The number of likely N-dealkylation sites (tertiary alicyclic amines) is 1. The number of hydrogen-bond donors (Lipinski definition) is 3. The molecule has 3 heterocycles. The van der Waals surface area contributed by atoms with Gasteiger partial charge in [0.1, 0.15) is 11.8 Å². The third-order valence-corrected chi connectivity index (χ3v) is 7.96. The first-order valence-corrected chi connectivity index (χ1v) is 14.7. The number of hydrogen-bond acceptors (Lipinski definition) is 8. The quantitative estimate of drug-likeness (QED) is 0.193. The van der Waals surface area contributed by atoms with Gasteiger partial charge < -0.3 is 35.1 Å². The van der Waals surface area contributed by atoms with Gasteiger partial charge in [-0.15, -0.1) is 0 Å². The normalized spacial score (nSPS) is 15.2. The Balaban J connectivity index is 1.49. The number of alkyl halides is 2. The van der Waals surface area contributed by atoms with Gasteiger partial charge in [-0.3, -0.25) is 9.59 Å². The summed E-state index contributed by atoms with van der Waals surface area (Å²) in [7, 11) is 7.38. The lowest BCUT2D eigenvalue weighted by atomic mass is 10.0. The van der Waals surface area contributed by atoms with Crippen LogP contribution in [0.5, 0.6) is 5.75 Å². The zero-order valence-electron chi connectivity index (χ0n) is 24.7. The number of likely N-dealkylation sites (N-methyl/N-ethyl adjacent to an activating group) is 2. The van der Waals surface area contributed by atoms with Gasteiger partial charge in [-0.1, -0.05) is 41.4 Å². The number of H-pyrrole nitrogens is 1. The van der Waals surface area contributed by atoms with Gasteiger partial charge in [0.05, 0.1) is 41.1 Å². The van der Waals surface area contributed by atoms with Crippen molar-refractivity contribution in [2.75, 3.05) is 63.4 Å². The van der Waals surface area contributed by atoms with Crippen molar-refractivity contribution >= 4 is 68.9 Å². The highest BCUT2D eigenvalue weighted by Crippen LogP contribution is 2.39. The van der Waals surface area contributed by atoms with Gasteiger partial charge in [-0.25, -0.2) is 14.4 Å². The number of anilines is 4. The molecule has 1 saturated heterocycles. The highest BCUT2D eigenvalue weighted by atomic mass is 35.5. The number of carbonyl (C=O) groups is 2. The first-order chi connectivity index (χ1) is 21.1. The second-order valence-corrected chi connectivity index (χ2v) is 11.5. The van der Waals surface area contributed by atoms with Crippen molar-refractivity contribution in [3.8, 4) is 17.0 Å². The van der Waals surface area contributed by atoms with Gasteiger partial charge in [0, 0.05) is 55.4 Å². The number of rotatable bonds is 11. The lowest BCUT2D eigenvalue weighted by Crippen LogP contribution is -2.58. The summed E-state index contributed by atoms with van der Waals surface area (Å²) >= 11 is 11.9. The molecule has 232 valence electrons. The molecule has 2 aromatic carbocycles. The predicted octanol–water partition coefficient (Wildman–Crippen LogP) is 5.10. The monoisotopic (exact) mass is 642 g/mol. The third kappa shape index (κ3) is 6.52. The van der Waals surface area contributed by atoms with Crippen molar-refractivity contribution in [3.05, 3.63) is 53.8 Å². The summed E-state index contributed by atoms with van der Waals surface area (Å²) in [5.74, 6) is -0.649. The molecule has 3 N–H and O–H groups in total. The lowest BCUT2D eigenvalue weighted by Gasteiger charge is -2.39. The zero-order chi connectivity index (χ0) is 31.5. The number of carbonyl (C=O) groups excluding carboxylic acids is 2. The molecule has 1 fully saturated rings. The smallest absolute Gasteiger partial charge is 0.273 e. The van der Waals surface area contributed by atoms with Crippen molar-refractivity contribution in [3.63, 3.8) is 0 Å². The maximum absolute atomic E-state index is 13.5. The molecule has 2 amide bonds. The summed E-state index contributed by atoms with van der Waals surface area (Å²) in [6.07, 6.45) is 3.76. The van der Waals surface area contributed by atoms with Crippen LogP contribution in [-0.4, -0.2) is 96.1 Å². The molecule has 4 aromatic rings. The number of benzene rings is 2. The van der Waals surface area contributed by atoms with E-state index in [2.05, 4.69) is 20.6 Å². The summed E-state index contributed by atoms with van der Waals surface area (Å²) in [6.45, 7) is 1.64. The first-order valence-electron chi connectivity index (χ1n) is 13.9. The summed E-state index contributed by atoms with van der Waals surface area (Å²) in [5.41, 5.74) is 1.71. The van der Waals surface area contributed by atoms with E-state index in [1.54, 1.807) is 19.2 Å². The number of para-hydroxylation sites is 1. The lowest BCUT2D eigenvalue weighted by molar-refractivity contribution is -0.147. The highest BCUT2D eigenvalue weighted by molar-refractivity contribution is 6.33. The van der Waals surface area contributed by atoms with Crippen LogP contribution in [0.25, 0.3) is 22.2 Å². The van der Waals surface area contributed by atoms with E-state index >= 15 is 0 Å². The molecule has 0 spiro atoms. The van der Waals surface area contributed by atoms with Crippen LogP contribution < -0.4 is 20.3 Å². The van der Waals surface area contributed by atoms with Gasteiger partial charge >= 0.3 is 0 Å². The molecule has 0 saturated carbocycles. The Morgan fingerprint density at radius 3 is 2.66 bits per heavy atom. The molecule has 1 aliphatic rings. The minimum absolute atomic E-state index is 0.252. The van der Waals surface area contributed by atoms with E-state index in [-0.39, 0.29) is 12.5 Å². The summed E-state index contributed by atoms with van der Waals surface area (Å²) < 4.78 is 19.2. The van der Waals surface area contributed by atoms with Crippen molar-refractivity contribution in [2.24, 2.45) is 0 Å². The van der Waals surface area contributed by atoms with E-state index in [0.29, 0.717) is 46.5 Å². The van der Waals surface area contributed by atoms with Crippen molar-refractivity contribution in [1.82, 2.24) is 24.8 Å². The molecule has 1 unspecified atom stereocenters. The predicted molar refractivity (Wildman–Crippen MR) is 172 cm³/mol. The van der Waals surface area contributed by atoms with E-state index in [1.165, 1.54) is 6.20 Å². The molecular formula is C30H33Cl2FN8O3. The van der Waals surface area contributed by atoms with Crippen LogP contribution in [0.15, 0.2) is 48.8 Å². The third-order valence-electron chi connectivity index (χ3n) is 7.50. The number of halogens is 3. The van der Waals surface area contributed by atoms with Gasteiger partial charge in [-0.05, 0) is 32.6 Å². The minimum Gasteiger partial charge on any atom is -0.494 e. The van der Waals surface area contributed by atoms with Gasteiger partial charge in [-0.2, -0.15) is 0 Å². The Kier molecular flexibility index (Phi) is 9.42. The van der Waals surface area contributed by atoms with E-state index in [0.717, 1.165) is 27.9 Å². The zero-order valence-corrected chi connectivity index (χ0v) is 26.2. The van der Waals surface area contributed by atoms with Crippen LogP contribution in [0.2, 0.25) is 5.02 Å². The van der Waals surface area contributed by atoms with Gasteiger partial charge in [0.2, 0.25) is 11.9 Å². The van der Waals surface area contributed by atoms with Crippen LogP contribution in [0.3, 0.4) is 0 Å². The Bertz CT molecular complexity index is 1680. The number of methoxy groups -OCH3 is 1. The number of aromatic amines is 1. The van der Waals surface area contributed by atoms with Crippen LogP contribution in [0.4, 0.5) is 27.4 Å². The fourth-order valence-corrected chi connectivity index (χ4v) is 5.31. The van der Waals surface area contributed by atoms with Crippen LogP contribution in [0.1, 0.15) is 6.42 Å². The first kappa shape index (κ1) is 31.3. The van der Waals surface area contributed by atoms with E-state index in [9.17, 15) is 14.0 Å². The Morgan fingerprint density at radius 1 is 1.20 bits per heavy atom. The Hall–Kier alpha value is -4.13. The molecule has 0 radical (unpaired) electrons. The maximum atomic E-state index is 13.5. The van der Waals surface area contributed by atoms with Gasteiger partial charge in [0.25, 0.3) is 11.5 Å². The summed E-state index contributed by atoms with van der Waals surface area (Å²) in [5, 5.41) is 7.48. The molecule has 5 rings (SSSR count). The maximum Gasteiger partial charge on any atom is 0.273 e. The average Bonchev–Trinajstić information content (AvgIpc) is 3.40. The minimum atomic E-state index is -2.20. The molecule has 0 aliphatic carbocycles. The number of ether oxygens (including phenoxy) is 1. The van der Waals surface area contributed by atoms with Crippen molar-refractivity contribution < 1.29 is 18.7 Å². The van der Waals surface area contributed by atoms with Crippen LogP contribution >= 0.6 is 23.2 Å². The molecule has 11 nitrogen and oxygen atoms in total. The molecular weight excluding hydrogens is 610 g/mol. The van der Waals surface area contributed by atoms with Crippen LogP contribution in [-0.2, 0) is 9.59 Å². The van der Waals surface area contributed by atoms with Crippen molar-refractivity contribution in [1.29, 1.82) is 0 Å². The largest absolute Gasteiger partial charge is 0.494 e. The topological polar surface area (TPSA) is 119 Å². The van der Waals surface area contributed by atoms with Gasteiger partial charge in [0.15, 0.2) is 0 Å². The van der Waals surface area contributed by atoms with Crippen molar-refractivity contribution in [2.45, 2.75) is 18.1 Å². The summed E-state index contributed by atoms with van der Waals surface area (Å²) in [6, 6.07) is 10.5. The molecule has 14 heteroatoms. The number of aromatic nitrogens is 3. The SMILES string of the molecule is COc1cc(N(C)CCN(C)C)c(NC(=O)[C@@H]2CCN2C(=O)C(F)Cl)cc1Nc1ncc(Cl)c(-c2c[nH]c3ccccc23)n1. The molecule has 2 atom stereocenters. The molecule has 44 heavy (non-hydrogen) atoms. The Labute approximate surface area is 264 Å². The highest BCUT2D eigenvalue weighted by Gasteiger charge is 2.40. The van der Waals surface area contributed by atoms with Crippen LogP contribution in [0, 0.1) is 0 Å². The second-order valence-electron chi connectivity index (χ2n) is 10.7. The van der Waals surface area contributed by atoms with E-state index < -0.39 is 23.5 Å². The van der Waals surface area contributed by atoms with E-state index in [1.807, 2.05) is 61.4 Å². The number of amides is 2. The number of nitrogens with zero attached hydrogens (tertiary/aromatic N) is 5. The second kappa shape index (κ2) is 13.2. The molecule has 1 aliphatic heterocycles. The summed E-state index contributed by atoms with van der Waals surface area (Å²) in [4.78, 5) is 42.9. The standard InChI is InChI=1S/C30H33Cl2FN8O3/c1-39(2)11-12-40(3)24-14-25(44-4)22(13-21(24)36-28(42)23-9-10-41(23)29(43)27(32)33)37-30-35-16-19(31)26(38-30)18-15-34-20-8-6-5-7-17(18)20/h5-8,13-16,23,27,34H,9-12H2,1-4H3,(H,36,42)(H,35,37,38)/t23-,27?/m0/s1. The Morgan fingerprint density at radius 2 is 1.98 bits per heavy atom. The molecule has 2 aromatic heterocycles. The number of fused-ring (bicyclic) bond motifs is 1. The fraction of sp³-hybridized carbons (Fsp3) is 0.333. The fourth-order valence-electron chi connectivity index (χ4n) is 4.99. The number of nitrogens with one attached hydrogen (secondary N) is 3.